The molecule has 0 aliphatic carbocycles. The number of ether oxygens (including phenoxy) is 2. The Morgan fingerprint density at radius 1 is 1.41 bits per heavy atom. The Morgan fingerprint density at radius 2 is 2.12 bits per heavy atom. The van der Waals surface area contributed by atoms with E-state index in [0.29, 0.717) is 24.0 Å². The van der Waals surface area contributed by atoms with Crippen LogP contribution in [0.3, 0.4) is 0 Å². The average molecular weight is 240 g/mol. The highest BCUT2D eigenvalue weighted by molar-refractivity contribution is 5.63. The Morgan fingerprint density at radius 3 is 2.65 bits per heavy atom. The Bertz CT molecular complexity index is 359. The van der Waals surface area contributed by atoms with Crippen LogP contribution in [0.15, 0.2) is 6.33 Å². The number of hydrogen-bond donors (Lipinski definition) is 1. The van der Waals surface area contributed by atoms with Crippen LogP contribution in [0, 0.1) is 0 Å². The standard InChI is InChI=1S/C11H20N4O2/c1-5-15(8(2)6-16-3)11-9(17-4)10(12)13-7-14-11/h7-8H,5-6H2,1-4H3,(H2,12,13,14). The average Bonchev–Trinajstić information content (AvgIpc) is 2.30. The highest BCUT2D eigenvalue weighted by Gasteiger charge is 2.20. The Balaban J connectivity index is 3.06. The van der Waals surface area contributed by atoms with Crippen LogP contribution in [0.5, 0.6) is 5.75 Å². The maximum atomic E-state index is 5.76. The molecule has 6 nitrogen and oxygen atoms in total. The summed E-state index contributed by atoms with van der Waals surface area (Å²) in [6.45, 7) is 5.51. The summed E-state index contributed by atoms with van der Waals surface area (Å²) in [7, 11) is 3.24. The molecule has 0 saturated heterocycles. The van der Waals surface area contributed by atoms with Gasteiger partial charge in [0.1, 0.15) is 6.33 Å². The Kier molecular flexibility index (Phi) is 4.96. The van der Waals surface area contributed by atoms with Crippen molar-refractivity contribution in [3.05, 3.63) is 6.33 Å². The number of nitrogens with two attached hydrogens (primary N) is 1. The fraction of sp³-hybridized carbons (Fsp3) is 0.636. The van der Waals surface area contributed by atoms with Crippen molar-refractivity contribution in [3.8, 4) is 5.75 Å². The van der Waals surface area contributed by atoms with E-state index in [9.17, 15) is 0 Å². The SMILES string of the molecule is CCN(c1ncnc(N)c1OC)C(C)COC. The third-order valence-corrected chi connectivity index (χ3v) is 2.57. The third kappa shape index (κ3) is 2.97. The predicted octanol–water partition coefficient (Wildman–Crippen LogP) is 0.929. The second kappa shape index (κ2) is 6.24. The summed E-state index contributed by atoms with van der Waals surface area (Å²) in [6.07, 6.45) is 1.44. The van der Waals surface area contributed by atoms with Crippen LogP contribution >= 0.6 is 0 Å². The number of methoxy groups -OCH3 is 2. The molecule has 0 aliphatic heterocycles. The van der Waals surface area contributed by atoms with Crippen molar-refractivity contribution in [2.24, 2.45) is 0 Å². The molecule has 1 atom stereocenters. The molecule has 1 unspecified atom stereocenters. The normalized spacial score (nSPS) is 12.2. The predicted molar refractivity (Wildman–Crippen MR) is 67.4 cm³/mol. The zero-order valence-corrected chi connectivity index (χ0v) is 10.8. The van der Waals surface area contributed by atoms with Crippen LogP contribution in [-0.4, -0.2) is 43.4 Å². The first-order valence-corrected chi connectivity index (χ1v) is 5.55. The molecule has 1 heterocycles. The molecule has 0 aliphatic rings. The second-order valence-electron chi connectivity index (χ2n) is 3.71. The zero-order valence-electron chi connectivity index (χ0n) is 10.8. The minimum absolute atomic E-state index is 0.188. The molecule has 0 saturated carbocycles. The molecule has 17 heavy (non-hydrogen) atoms. The van der Waals surface area contributed by atoms with E-state index in [-0.39, 0.29) is 6.04 Å². The molecule has 0 amide bonds. The summed E-state index contributed by atoms with van der Waals surface area (Å²) >= 11 is 0. The van der Waals surface area contributed by atoms with Gasteiger partial charge in [-0.15, -0.1) is 0 Å². The van der Waals surface area contributed by atoms with E-state index in [4.69, 9.17) is 15.2 Å². The minimum Gasteiger partial charge on any atom is -0.490 e. The van der Waals surface area contributed by atoms with Crippen LogP contribution < -0.4 is 15.4 Å². The molecule has 0 radical (unpaired) electrons. The summed E-state index contributed by atoms with van der Waals surface area (Å²) in [6, 6.07) is 0.188. The lowest BCUT2D eigenvalue weighted by Gasteiger charge is -2.29. The van der Waals surface area contributed by atoms with E-state index in [1.165, 1.54) is 6.33 Å². The molecule has 1 aromatic rings. The van der Waals surface area contributed by atoms with Crippen LogP contribution in [-0.2, 0) is 4.74 Å². The van der Waals surface area contributed by atoms with Gasteiger partial charge in [0.05, 0.1) is 19.8 Å². The van der Waals surface area contributed by atoms with Gasteiger partial charge < -0.3 is 20.1 Å². The molecule has 1 rings (SSSR count). The van der Waals surface area contributed by atoms with Gasteiger partial charge in [0.2, 0.25) is 5.75 Å². The van der Waals surface area contributed by atoms with Crippen molar-refractivity contribution in [1.82, 2.24) is 9.97 Å². The summed E-state index contributed by atoms with van der Waals surface area (Å²) < 4.78 is 10.4. The van der Waals surface area contributed by atoms with Crippen molar-refractivity contribution in [2.75, 3.05) is 38.0 Å². The minimum atomic E-state index is 0.188. The van der Waals surface area contributed by atoms with Crippen LogP contribution in [0.1, 0.15) is 13.8 Å². The van der Waals surface area contributed by atoms with E-state index in [0.717, 1.165) is 6.54 Å². The summed E-state index contributed by atoms with van der Waals surface area (Å²) in [4.78, 5) is 10.2. The van der Waals surface area contributed by atoms with E-state index >= 15 is 0 Å². The van der Waals surface area contributed by atoms with Crippen LogP contribution in [0.4, 0.5) is 11.6 Å². The lowest BCUT2D eigenvalue weighted by atomic mass is 10.3. The maximum absolute atomic E-state index is 5.76. The van der Waals surface area contributed by atoms with Crippen molar-refractivity contribution in [1.29, 1.82) is 0 Å². The quantitative estimate of drug-likeness (QED) is 0.797. The molecule has 0 bridgehead atoms. The molecular formula is C11H20N4O2. The summed E-state index contributed by atoms with van der Waals surface area (Å²) in [5.41, 5.74) is 5.76. The van der Waals surface area contributed by atoms with E-state index in [2.05, 4.69) is 21.8 Å². The van der Waals surface area contributed by atoms with Gasteiger partial charge in [-0.3, -0.25) is 0 Å². The van der Waals surface area contributed by atoms with E-state index in [1.807, 2.05) is 6.92 Å². The number of likely N-dealkylation sites (N-methyl/N-ethyl adjacent to an activating group) is 1. The van der Waals surface area contributed by atoms with Crippen molar-refractivity contribution < 1.29 is 9.47 Å². The lowest BCUT2D eigenvalue weighted by Crippen LogP contribution is -2.37. The Labute approximate surface area is 102 Å². The molecule has 1 aromatic heterocycles. The molecular weight excluding hydrogens is 220 g/mol. The number of anilines is 2. The van der Waals surface area contributed by atoms with Crippen molar-refractivity contribution >= 4 is 11.6 Å². The van der Waals surface area contributed by atoms with Crippen molar-refractivity contribution in [2.45, 2.75) is 19.9 Å². The zero-order chi connectivity index (χ0) is 12.8. The van der Waals surface area contributed by atoms with Gasteiger partial charge in [0.25, 0.3) is 0 Å². The van der Waals surface area contributed by atoms with Gasteiger partial charge in [0, 0.05) is 13.7 Å². The van der Waals surface area contributed by atoms with Gasteiger partial charge in [-0.25, -0.2) is 9.97 Å². The van der Waals surface area contributed by atoms with E-state index in [1.54, 1.807) is 14.2 Å². The second-order valence-corrected chi connectivity index (χ2v) is 3.71. The number of nitrogen functional groups attached to an aromatic ring is 1. The fourth-order valence-electron chi connectivity index (χ4n) is 1.78. The van der Waals surface area contributed by atoms with Gasteiger partial charge in [-0.1, -0.05) is 0 Å². The number of rotatable bonds is 6. The highest BCUT2D eigenvalue weighted by Crippen LogP contribution is 2.30. The maximum Gasteiger partial charge on any atom is 0.204 e. The monoisotopic (exact) mass is 240 g/mol. The highest BCUT2D eigenvalue weighted by atomic mass is 16.5. The largest absolute Gasteiger partial charge is 0.490 e. The summed E-state index contributed by atoms with van der Waals surface area (Å²) in [5.74, 6) is 1.56. The Hall–Kier alpha value is -1.56. The van der Waals surface area contributed by atoms with Crippen LogP contribution in [0.2, 0.25) is 0 Å². The number of aromatic nitrogens is 2. The number of hydrogen-bond acceptors (Lipinski definition) is 6. The first kappa shape index (κ1) is 13.5. The van der Waals surface area contributed by atoms with Crippen molar-refractivity contribution in [3.63, 3.8) is 0 Å². The van der Waals surface area contributed by atoms with Gasteiger partial charge in [-0.05, 0) is 13.8 Å². The smallest absolute Gasteiger partial charge is 0.204 e. The molecule has 0 fully saturated rings. The fourth-order valence-corrected chi connectivity index (χ4v) is 1.78. The topological polar surface area (TPSA) is 73.5 Å². The molecule has 6 heteroatoms. The molecule has 0 aromatic carbocycles. The molecule has 2 N–H and O–H groups in total. The summed E-state index contributed by atoms with van der Waals surface area (Å²) in [5, 5.41) is 0. The third-order valence-electron chi connectivity index (χ3n) is 2.57. The van der Waals surface area contributed by atoms with Crippen LogP contribution in [0.25, 0.3) is 0 Å². The first-order valence-electron chi connectivity index (χ1n) is 5.55. The molecule has 96 valence electrons. The lowest BCUT2D eigenvalue weighted by molar-refractivity contribution is 0.181. The van der Waals surface area contributed by atoms with E-state index < -0.39 is 0 Å². The first-order chi connectivity index (χ1) is 8.15. The van der Waals surface area contributed by atoms with Gasteiger partial charge in [0.15, 0.2) is 11.6 Å². The number of nitrogens with zero attached hydrogens (tertiary/aromatic N) is 3. The van der Waals surface area contributed by atoms with Gasteiger partial charge in [-0.2, -0.15) is 0 Å². The van der Waals surface area contributed by atoms with Gasteiger partial charge >= 0.3 is 0 Å². The molecule has 0 spiro atoms.